The first-order valence-electron chi connectivity index (χ1n) is 8.71. The van der Waals surface area contributed by atoms with Crippen molar-refractivity contribution in [3.05, 3.63) is 69.8 Å². The van der Waals surface area contributed by atoms with E-state index in [0.717, 1.165) is 22.5 Å². The van der Waals surface area contributed by atoms with Crippen molar-refractivity contribution >= 4 is 15.7 Å². The number of nitro groups is 1. The fraction of sp³-hybridized carbons (Fsp3) is 0.333. The van der Waals surface area contributed by atoms with Crippen LogP contribution in [0, 0.1) is 10.1 Å². The molecule has 11 heteroatoms. The van der Waals surface area contributed by atoms with Gasteiger partial charge >= 0.3 is 6.18 Å². The maximum Gasteiger partial charge on any atom is 0.416 e. The topological polar surface area (TPSA) is 83.8 Å². The molecule has 0 aromatic heterocycles. The van der Waals surface area contributed by atoms with Crippen molar-refractivity contribution < 1.29 is 26.5 Å². The highest BCUT2D eigenvalue weighted by molar-refractivity contribution is 7.89. The van der Waals surface area contributed by atoms with E-state index in [4.69, 9.17) is 0 Å². The Morgan fingerprint density at radius 3 is 2.28 bits per heavy atom. The lowest BCUT2D eigenvalue weighted by Crippen LogP contribution is -2.48. The molecule has 1 heterocycles. The van der Waals surface area contributed by atoms with Crippen LogP contribution in [-0.4, -0.2) is 48.7 Å². The minimum atomic E-state index is -4.42. The molecule has 0 amide bonds. The number of halogens is 3. The first-order valence-corrected chi connectivity index (χ1v) is 10.1. The molecule has 0 radical (unpaired) electrons. The fourth-order valence-electron chi connectivity index (χ4n) is 3.20. The van der Waals surface area contributed by atoms with Crippen molar-refractivity contribution in [1.82, 2.24) is 9.21 Å². The number of rotatable bonds is 5. The Bertz CT molecular complexity index is 1000. The van der Waals surface area contributed by atoms with E-state index in [1.165, 1.54) is 24.3 Å². The molecule has 29 heavy (non-hydrogen) atoms. The van der Waals surface area contributed by atoms with Crippen molar-refractivity contribution in [2.45, 2.75) is 17.6 Å². The first-order chi connectivity index (χ1) is 13.6. The smallest absolute Gasteiger partial charge is 0.296 e. The molecule has 0 unspecified atom stereocenters. The summed E-state index contributed by atoms with van der Waals surface area (Å²) in [7, 11) is -4.04. The molecule has 1 fully saturated rings. The third-order valence-electron chi connectivity index (χ3n) is 4.67. The minimum Gasteiger partial charge on any atom is -0.296 e. The Hall–Kier alpha value is -2.50. The zero-order valence-corrected chi connectivity index (χ0v) is 16.0. The third kappa shape index (κ3) is 4.74. The molecule has 1 saturated heterocycles. The van der Waals surface area contributed by atoms with Gasteiger partial charge in [-0.2, -0.15) is 17.5 Å². The number of alkyl halides is 3. The Morgan fingerprint density at radius 2 is 1.66 bits per heavy atom. The highest BCUT2D eigenvalue weighted by Gasteiger charge is 2.34. The van der Waals surface area contributed by atoms with Crippen molar-refractivity contribution in [3.8, 4) is 0 Å². The molecule has 0 atom stereocenters. The van der Waals surface area contributed by atoms with Gasteiger partial charge in [-0.15, -0.1) is 0 Å². The summed E-state index contributed by atoms with van der Waals surface area (Å²) in [6.45, 7) is 1.04. The lowest BCUT2D eigenvalue weighted by Gasteiger charge is -2.34. The average molecular weight is 429 g/mol. The number of piperazine rings is 1. The van der Waals surface area contributed by atoms with E-state index in [2.05, 4.69) is 0 Å². The lowest BCUT2D eigenvalue weighted by molar-refractivity contribution is -0.387. The van der Waals surface area contributed by atoms with Crippen LogP contribution >= 0.6 is 0 Å². The van der Waals surface area contributed by atoms with Gasteiger partial charge in [-0.25, -0.2) is 8.42 Å². The van der Waals surface area contributed by atoms with Crippen LogP contribution in [0.2, 0.25) is 0 Å². The van der Waals surface area contributed by atoms with Gasteiger partial charge in [-0.1, -0.05) is 30.3 Å². The Kier molecular flexibility index (Phi) is 5.92. The molecule has 7 nitrogen and oxygen atoms in total. The molecule has 3 rings (SSSR count). The number of nitrogens with zero attached hydrogens (tertiary/aromatic N) is 3. The molecule has 0 bridgehead atoms. The van der Waals surface area contributed by atoms with E-state index in [-0.39, 0.29) is 24.5 Å². The monoisotopic (exact) mass is 429 g/mol. The first kappa shape index (κ1) is 21.2. The normalized spacial score (nSPS) is 16.7. The van der Waals surface area contributed by atoms with Crippen molar-refractivity contribution in [1.29, 1.82) is 0 Å². The summed E-state index contributed by atoms with van der Waals surface area (Å²) in [6.07, 6.45) is -4.42. The van der Waals surface area contributed by atoms with Crippen LogP contribution in [0.5, 0.6) is 0 Å². The van der Waals surface area contributed by atoms with Crippen molar-refractivity contribution in [2.75, 3.05) is 26.2 Å². The average Bonchev–Trinajstić information content (AvgIpc) is 2.68. The second-order valence-corrected chi connectivity index (χ2v) is 8.51. The van der Waals surface area contributed by atoms with Gasteiger partial charge in [0, 0.05) is 38.8 Å². The van der Waals surface area contributed by atoms with Crippen LogP contribution in [0.25, 0.3) is 0 Å². The maximum atomic E-state index is 12.8. The third-order valence-corrected chi connectivity index (χ3v) is 6.62. The predicted octanol–water partition coefficient (Wildman–Crippen LogP) is 3.12. The Morgan fingerprint density at radius 1 is 1.00 bits per heavy atom. The second-order valence-electron chi connectivity index (χ2n) is 6.60. The summed E-state index contributed by atoms with van der Waals surface area (Å²) >= 11 is 0. The van der Waals surface area contributed by atoms with E-state index < -0.39 is 32.4 Å². The van der Waals surface area contributed by atoms with E-state index in [1.807, 2.05) is 4.90 Å². The van der Waals surface area contributed by atoms with Gasteiger partial charge in [-0.05, 0) is 17.7 Å². The maximum absolute atomic E-state index is 12.8. The fourth-order valence-corrected chi connectivity index (χ4v) is 4.78. The summed E-state index contributed by atoms with van der Waals surface area (Å²) in [5.41, 5.74) is -0.735. The van der Waals surface area contributed by atoms with Crippen LogP contribution in [0.15, 0.2) is 53.4 Å². The molecule has 2 aromatic rings. The van der Waals surface area contributed by atoms with Gasteiger partial charge in [0.2, 0.25) is 10.0 Å². The van der Waals surface area contributed by atoms with Crippen LogP contribution < -0.4 is 0 Å². The highest BCUT2D eigenvalue weighted by atomic mass is 32.2. The second kappa shape index (κ2) is 8.09. The van der Waals surface area contributed by atoms with Crippen LogP contribution in [-0.2, 0) is 22.7 Å². The van der Waals surface area contributed by atoms with Gasteiger partial charge in [0.1, 0.15) is 0 Å². The number of hydrogen-bond acceptors (Lipinski definition) is 5. The van der Waals surface area contributed by atoms with Crippen LogP contribution in [0.1, 0.15) is 11.1 Å². The number of hydrogen-bond donors (Lipinski definition) is 0. The number of nitro benzene ring substituents is 1. The van der Waals surface area contributed by atoms with Gasteiger partial charge in [0.25, 0.3) is 5.69 Å². The molecule has 0 spiro atoms. The lowest BCUT2D eigenvalue weighted by atomic mass is 10.1. The minimum absolute atomic E-state index is 0.0906. The van der Waals surface area contributed by atoms with E-state index in [0.29, 0.717) is 18.7 Å². The summed E-state index contributed by atoms with van der Waals surface area (Å²) < 4.78 is 65.3. The summed E-state index contributed by atoms with van der Waals surface area (Å²) in [6, 6.07) is 10.2. The van der Waals surface area contributed by atoms with Gasteiger partial charge in [-0.3, -0.25) is 15.0 Å². The predicted molar refractivity (Wildman–Crippen MR) is 98.6 cm³/mol. The van der Waals surface area contributed by atoms with Crippen LogP contribution in [0.3, 0.4) is 0 Å². The zero-order valence-electron chi connectivity index (χ0n) is 15.2. The van der Waals surface area contributed by atoms with Gasteiger partial charge < -0.3 is 0 Å². The molecular weight excluding hydrogens is 411 g/mol. The van der Waals surface area contributed by atoms with Gasteiger partial charge in [0.05, 0.1) is 10.5 Å². The largest absolute Gasteiger partial charge is 0.416 e. The van der Waals surface area contributed by atoms with E-state index in [1.54, 1.807) is 6.07 Å². The molecular formula is C18H18F3N3O4S. The SMILES string of the molecule is O=[N+]([O-])c1ccccc1S(=O)(=O)N1CCN(Cc2cccc(C(F)(F)F)c2)CC1. The standard InChI is InChI=1S/C18H18F3N3O4S/c19-18(20,21)15-5-3-4-14(12-15)13-22-8-10-23(11-9-22)29(27,28)17-7-2-1-6-16(17)24(25)26/h1-7,12H,8-11,13H2. The molecule has 1 aliphatic rings. The van der Waals surface area contributed by atoms with E-state index >= 15 is 0 Å². The molecule has 1 aliphatic heterocycles. The highest BCUT2D eigenvalue weighted by Crippen LogP contribution is 2.30. The zero-order chi connectivity index (χ0) is 21.2. The molecule has 0 saturated carbocycles. The summed E-state index contributed by atoms with van der Waals surface area (Å²) in [5, 5.41) is 11.1. The van der Waals surface area contributed by atoms with Gasteiger partial charge in [0.15, 0.2) is 4.90 Å². The molecule has 0 aliphatic carbocycles. The van der Waals surface area contributed by atoms with Crippen molar-refractivity contribution in [3.63, 3.8) is 0 Å². The number of sulfonamides is 1. The quantitative estimate of drug-likeness (QED) is 0.539. The van der Waals surface area contributed by atoms with E-state index in [9.17, 15) is 31.7 Å². The number of para-hydroxylation sites is 1. The van der Waals surface area contributed by atoms with Crippen molar-refractivity contribution in [2.24, 2.45) is 0 Å². The Labute approximate surface area is 165 Å². The molecule has 2 aromatic carbocycles. The Balaban J connectivity index is 1.69. The van der Waals surface area contributed by atoms with Crippen LogP contribution in [0.4, 0.5) is 18.9 Å². The summed E-state index contributed by atoms with van der Waals surface area (Å²) in [5.74, 6) is 0. The molecule has 156 valence electrons. The summed E-state index contributed by atoms with van der Waals surface area (Å²) in [4.78, 5) is 11.9. The number of benzene rings is 2. The molecule has 0 N–H and O–H groups in total.